The molecule has 31 valence electrons. The fraction of sp³-hybridized carbons (Fsp3) is 0. The molecule has 0 aromatic heterocycles. The van der Waals surface area contributed by atoms with Crippen molar-refractivity contribution in [3.63, 3.8) is 0 Å². The third-order valence-electron chi connectivity index (χ3n) is 0.434. The standard InChI is InChI=1S/C3H4N3/c1-2-5-6-3-4-1/h1-3,5H. The summed E-state index contributed by atoms with van der Waals surface area (Å²) in [6.45, 7) is 0. The molecule has 0 aliphatic carbocycles. The van der Waals surface area contributed by atoms with Gasteiger partial charge in [0, 0.05) is 12.4 Å². The zero-order valence-electron chi connectivity index (χ0n) is 3.13. The van der Waals surface area contributed by atoms with Crippen molar-refractivity contribution in [2.75, 3.05) is 0 Å². The van der Waals surface area contributed by atoms with Gasteiger partial charge in [0.05, 0.1) is 0 Å². The molecule has 1 rings (SSSR count). The van der Waals surface area contributed by atoms with Crippen molar-refractivity contribution in [3.8, 4) is 0 Å². The van der Waals surface area contributed by atoms with Crippen LogP contribution in [0.2, 0.25) is 0 Å². The summed E-state index contributed by atoms with van der Waals surface area (Å²) in [5.41, 5.74) is 2.58. The molecule has 1 aliphatic rings. The fourth-order valence-electron chi connectivity index (χ4n) is 0.225. The van der Waals surface area contributed by atoms with Gasteiger partial charge in [0.15, 0.2) is 0 Å². The van der Waals surface area contributed by atoms with Crippen LogP contribution in [0.15, 0.2) is 17.5 Å². The fourth-order valence-corrected chi connectivity index (χ4v) is 0.225. The number of hydrogen-bond acceptors (Lipinski definition) is 2. The van der Waals surface area contributed by atoms with Gasteiger partial charge in [-0.15, -0.1) is 0 Å². The summed E-state index contributed by atoms with van der Waals surface area (Å²) in [4.78, 5) is 0. The normalized spacial score (nSPS) is 16.0. The highest BCUT2D eigenvalue weighted by molar-refractivity contribution is 5.55. The Morgan fingerprint density at radius 3 is 2.67 bits per heavy atom. The Labute approximate surface area is 35.7 Å². The predicted octanol–water partition coefficient (Wildman–Crippen LogP) is -0.391. The van der Waals surface area contributed by atoms with Crippen LogP contribution in [0, 0.1) is 0 Å². The molecular formula is C3H4N3. The summed E-state index contributed by atoms with van der Waals surface area (Å²) >= 11 is 0. The van der Waals surface area contributed by atoms with Crippen molar-refractivity contribution in [2.45, 2.75) is 0 Å². The molecule has 0 aromatic rings. The van der Waals surface area contributed by atoms with Gasteiger partial charge < -0.3 is 0 Å². The summed E-state index contributed by atoms with van der Waals surface area (Å²) in [5, 5.41) is 7.19. The van der Waals surface area contributed by atoms with E-state index in [1.165, 1.54) is 6.34 Å². The molecule has 0 unspecified atom stereocenters. The van der Waals surface area contributed by atoms with Gasteiger partial charge in [0.25, 0.3) is 0 Å². The van der Waals surface area contributed by atoms with E-state index in [1.54, 1.807) is 12.4 Å². The maximum atomic E-state index is 3.64. The van der Waals surface area contributed by atoms with E-state index in [1.807, 2.05) is 0 Å². The van der Waals surface area contributed by atoms with Crippen molar-refractivity contribution in [2.24, 2.45) is 5.10 Å². The molecule has 0 saturated carbocycles. The van der Waals surface area contributed by atoms with Crippen LogP contribution in [0.5, 0.6) is 0 Å². The SMILES string of the molecule is C1=CNN=C[N]1. The average molecular weight is 82.1 g/mol. The van der Waals surface area contributed by atoms with Gasteiger partial charge in [-0.05, 0) is 0 Å². The Balaban J connectivity index is 2.40. The Hall–Kier alpha value is -0.990. The van der Waals surface area contributed by atoms with E-state index in [-0.39, 0.29) is 0 Å². The number of nitrogens with zero attached hydrogens (tertiary/aromatic N) is 2. The predicted molar refractivity (Wildman–Crippen MR) is 22.9 cm³/mol. The van der Waals surface area contributed by atoms with Gasteiger partial charge in [0.1, 0.15) is 6.34 Å². The van der Waals surface area contributed by atoms with E-state index in [2.05, 4.69) is 15.8 Å². The van der Waals surface area contributed by atoms with Crippen molar-refractivity contribution in [1.29, 1.82) is 0 Å². The maximum absolute atomic E-state index is 3.64. The van der Waals surface area contributed by atoms with Crippen LogP contribution in [-0.2, 0) is 0 Å². The van der Waals surface area contributed by atoms with Crippen LogP contribution >= 0.6 is 0 Å². The molecule has 1 heterocycles. The number of hydrazone groups is 1. The Bertz CT molecular complexity index is 64.0. The topological polar surface area (TPSA) is 38.5 Å². The zero-order chi connectivity index (χ0) is 4.24. The van der Waals surface area contributed by atoms with Gasteiger partial charge >= 0.3 is 0 Å². The molecule has 0 fully saturated rings. The molecule has 1 radical (unpaired) electrons. The quantitative estimate of drug-likeness (QED) is 0.424. The molecule has 0 spiro atoms. The largest absolute Gasteiger partial charge is 0.283 e. The third-order valence-corrected chi connectivity index (χ3v) is 0.434. The molecule has 0 aromatic carbocycles. The van der Waals surface area contributed by atoms with E-state index in [0.717, 1.165) is 0 Å². The van der Waals surface area contributed by atoms with E-state index in [9.17, 15) is 0 Å². The smallest absolute Gasteiger partial charge is 0.135 e. The summed E-state index contributed by atoms with van der Waals surface area (Å²) in [7, 11) is 0. The summed E-state index contributed by atoms with van der Waals surface area (Å²) in [6.07, 6.45) is 4.73. The molecular weight excluding hydrogens is 78.1 g/mol. The van der Waals surface area contributed by atoms with Gasteiger partial charge in [-0.2, -0.15) is 5.10 Å². The number of nitrogens with one attached hydrogen (secondary N) is 1. The summed E-state index contributed by atoms with van der Waals surface area (Å²) in [6, 6.07) is 0. The molecule has 0 bridgehead atoms. The van der Waals surface area contributed by atoms with Crippen molar-refractivity contribution in [1.82, 2.24) is 10.7 Å². The minimum Gasteiger partial charge on any atom is -0.283 e. The average Bonchev–Trinajstić information content (AvgIpc) is 1.72. The van der Waals surface area contributed by atoms with Gasteiger partial charge in [0.2, 0.25) is 0 Å². The molecule has 6 heavy (non-hydrogen) atoms. The first kappa shape index (κ1) is 3.21. The summed E-state index contributed by atoms with van der Waals surface area (Å²) in [5.74, 6) is 0. The monoisotopic (exact) mass is 82.0 g/mol. The van der Waals surface area contributed by atoms with E-state index in [0.29, 0.717) is 0 Å². The zero-order valence-corrected chi connectivity index (χ0v) is 3.13. The summed E-state index contributed by atoms with van der Waals surface area (Å²) < 4.78 is 0. The van der Waals surface area contributed by atoms with Crippen molar-refractivity contribution in [3.05, 3.63) is 12.4 Å². The highest BCUT2D eigenvalue weighted by Gasteiger charge is 1.74. The van der Waals surface area contributed by atoms with Crippen molar-refractivity contribution >= 4 is 6.34 Å². The van der Waals surface area contributed by atoms with Crippen LogP contribution in [0.3, 0.4) is 0 Å². The molecule has 1 aliphatic heterocycles. The van der Waals surface area contributed by atoms with Crippen LogP contribution in [0.4, 0.5) is 0 Å². The van der Waals surface area contributed by atoms with Crippen molar-refractivity contribution < 1.29 is 0 Å². The first-order chi connectivity index (χ1) is 3.00. The molecule has 0 amide bonds. The van der Waals surface area contributed by atoms with E-state index in [4.69, 9.17) is 0 Å². The number of hydrogen-bond donors (Lipinski definition) is 1. The second-order valence-electron chi connectivity index (χ2n) is 0.838. The van der Waals surface area contributed by atoms with Crippen LogP contribution < -0.4 is 10.7 Å². The van der Waals surface area contributed by atoms with Crippen LogP contribution in [0.1, 0.15) is 0 Å². The van der Waals surface area contributed by atoms with Gasteiger partial charge in [-0.25, -0.2) is 5.32 Å². The number of rotatable bonds is 0. The Morgan fingerprint density at radius 1 is 1.50 bits per heavy atom. The molecule has 3 heteroatoms. The minimum atomic E-state index is 1.44. The van der Waals surface area contributed by atoms with Crippen LogP contribution in [0.25, 0.3) is 0 Å². The first-order valence-electron chi connectivity index (χ1n) is 1.62. The molecule has 0 saturated heterocycles. The second kappa shape index (κ2) is 1.45. The van der Waals surface area contributed by atoms with E-state index < -0.39 is 0 Å². The van der Waals surface area contributed by atoms with Crippen LogP contribution in [-0.4, -0.2) is 6.34 Å². The molecule has 0 atom stereocenters. The first-order valence-corrected chi connectivity index (χ1v) is 1.62. The lowest BCUT2D eigenvalue weighted by molar-refractivity contribution is 0.924. The third kappa shape index (κ3) is 0.484. The maximum Gasteiger partial charge on any atom is 0.135 e. The lowest BCUT2D eigenvalue weighted by Gasteiger charge is -1.91. The highest BCUT2D eigenvalue weighted by atomic mass is 15.3. The lowest BCUT2D eigenvalue weighted by Crippen LogP contribution is -2.05. The minimum absolute atomic E-state index is 1.44. The molecule has 3 nitrogen and oxygen atoms in total. The van der Waals surface area contributed by atoms with Gasteiger partial charge in [-0.1, -0.05) is 0 Å². The Kier molecular flexibility index (Phi) is 0.774. The molecule has 1 N–H and O–H groups in total. The van der Waals surface area contributed by atoms with Gasteiger partial charge in [-0.3, -0.25) is 5.43 Å². The Morgan fingerprint density at radius 2 is 2.50 bits per heavy atom. The lowest BCUT2D eigenvalue weighted by atomic mass is 10.9. The van der Waals surface area contributed by atoms with E-state index >= 15 is 0 Å². The second-order valence-corrected chi connectivity index (χ2v) is 0.838. The highest BCUT2D eigenvalue weighted by Crippen LogP contribution is 1.67.